The van der Waals surface area contributed by atoms with Gasteiger partial charge in [-0.2, -0.15) is 0 Å². The lowest BCUT2D eigenvalue weighted by Crippen LogP contribution is -2.57. The molecule has 2 heterocycles. The highest BCUT2D eigenvalue weighted by atomic mass is 32.1. The van der Waals surface area contributed by atoms with E-state index in [4.69, 9.17) is 0 Å². The molecular formula is C31H46N4O3S. The van der Waals surface area contributed by atoms with Crippen molar-refractivity contribution in [3.05, 3.63) is 41.0 Å². The molecule has 1 saturated heterocycles. The molecule has 7 nitrogen and oxygen atoms in total. The number of hydrogen-bond acceptors (Lipinski definition) is 5. The van der Waals surface area contributed by atoms with Gasteiger partial charge in [-0.25, -0.2) is 4.98 Å². The van der Waals surface area contributed by atoms with E-state index < -0.39 is 17.5 Å². The molecule has 2 aromatic rings. The first-order valence-corrected chi connectivity index (χ1v) is 15.3. The molecule has 1 aliphatic rings. The molecule has 3 amide bonds. The summed E-state index contributed by atoms with van der Waals surface area (Å²) >= 11 is 1.62. The molecule has 0 spiro atoms. The van der Waals surface area contributed by atoms with E-state index in [2.05, 4.69) is 34.7 Å². The lowest BCUT2D eigenvalue weighted by atomic mass is 9.85. The van der Waals surface area contributed by atoms with Gasteiger partial charge in [0.25, 0.3) is 0 Å². The standard InChI is InChI=1S/C31H46N4O3S/c1-7-8-9-10-11-14-26(36)34-28(31(4,5)6)30(38)35-19-12-13-25(35)29(37)33-21(2)23-15-17-24(18-16-23)27-22(3)32-20-39-27/h15-18,20-21,25,28H,7-14,19H2,1-6H3,(H,33,37)(H,34,36). The molecule has 1 aliphatic heterocycles. The molecule has 0 aliphatic carbocycles. The second-order valence-corrected chi connectivity index (χ2v) is 12.7. The van der Waals surface area contributed by atoms with Crippen molar-refractivity contribution in [1.82, 2.24) is 20.5 Å². The lowest BCUT2D eigenvalue weighted by Gasteiger charge is -2.35. The number of nitrogens with zero attached hydrogens (tertiary/aromatic N) is 2. The number of aromatic nitrogens is 1. The largest absolute Gasteiger partial charge is 0.348 e. The van der Waals surface area contributed by atoms with Crippen molar-refractivity contribution >= 4 is 29.1 Å². The second-order valence-electron chi connectivity index (χ2n) is 11.8. The van der Waals surface area contributed by atoms with Crippen molar-refractivity contribution in [2.24, 2.45) is 5.41 Å². The van der Waals surface area contributed by atoms with Crippen LogP contribution < -0.4 is 10.6 Å². The van der Waals surface area contributed by atoms with Gasteiger partial charge < -0.3 is 15.5 Å². The number of likely N-dealkylation sites (tertiary alicyclic amines) is 1. The average Bonchev–Trinajstić information content (AvgIpc) is 3.55. The van der Waals surface area contributed by atoms with E-state index in [1.807, 2.05) is 52.3 Å². The normalized spacial score (nSPS) is 17.1. The van der Waals surface area contributed by atoms with Gasteiger partial charge in [0.05, 0.1) is 22.1 Å². The van der Waals surface area contributed by atoms with Crippen LogP contribution in [0.3, 0.4) is 0 Å². The number of rotatable bonds is 12. The summed E-state index contributed by atoms with van der Waals surface area (Å²) in [6, 6.07) is 6.78. The van der Waals surface area contributed by atoms with Gasteiger partial charge in [0.1, 0.15) is 12.1 Å². The fourth-order valence-corrected chi connectivity index (χ4v) is 5.95. The Balaban J connectivity index is 1.61. The molecule has 39 heavy (non-hydrogen) atoms. The van der Waals surface area contributed by atoms with Crippen LogP contribution in [0.4, 0.5) is 0 Å². The third-order valence-corrected chi connectivity index (χ3v) is 8.52. The van der Waals surface area contributed by atoms with Crippen LogP contribution in [-0.4, -0.2) is 46.2 Å². The second kappa shape index (κ2) is 14.1. The highest BCUT2D eigenvalue weighted by Gasteiger charge is 2.42. The Labute approximate surface area is 238 Å². The van der Waals surface area contributed by atoms with Crippen LogP contribution in [-0.2, 0) is 14.4 Å². The third-order valence-electron chi connectivity index (χ3n) is 7.54. The Morgan fingerprint density at radius 2 is 1.77 bits per heavy atom. The highest BCUT2D eigenvalue weighted by molar-refractivity contribution is 7.13. The van der Waals surface area contributed by atoms with Crippen LogP contribution in [0.1, 0.15) is 103 Å². The number of thiazole rings is 1. The monoisotopic (exact) mass is 554 g/mol. The summed E-state index contributed by atoms with van der Waals surface area (Å²) in [6.45, 7) is 12.5. The minimum atomic E-state index is -0.672. The fraction of sp³-hybridized carbons (Fsp3) is 0.613. The zero-order valence-electron chi connectivity index (χ0n) is 24.5. The van der Waals surface area contributed by atoms with Crippen LogP contribution in [0.15, 0.2) is 29.8 Å². The summed E-state index contributed by atoms with van der Waals surface area (Å²) in [4.78, 5) is 47.0. The molecule has 3 unspecified atom stereocenters. The summed E-state index contributed by atoms with van der Waals surface area (Å²) in [7, 11) is 0. The first-order chi connectivity index (χ1) is 18.5. The molecule has 0 radical (unpaired) electrons. The molecule has 1 aromatic carbocycles. The summed E-state index contributed by atoms with van der Waals surface area (Å²) in [6.07, 6.45) is 7.13. The Morgan fingerprint density at radius 3 is 2.38 bits per heavy atom. The maximum absolute atomic E-state index is 13.7. The third kappa shape index (κ3) is 8.37. The number of benzene rings is 1. The zero-order valence-corrected chi connectivity index (χ0v) is 25.3. The predicted molar refractivity (Wildman–Crippen MR) is 158 cm³/mol. The topological polar surface area (TPSA) is 91.4 Å². The van der Waals surface area contributed by atoms with Crippen molar-refractivity contribution in [3.63, 3.8) is 0 Å². The van der Waals surface area contributed by atoms with Gasteiger partial charge in [-0.3, -0.25) is 14.4 Å². The minimum Gasteiger partial charge on any atom is -0.348 e. The Kier molecular flexibility index (Phi) is 11.1. The van der Waals surface area contributed by atoms with E-state index in [1.165, 1.54) is 6.42 Å². The number of nitrogens with one attached hydrogen (secondary N) is 2. The van der Waals surface area contributed by atoms with E-state index in [0.717, 1.165) is 53.8 Å². The van der Waals surface area contributed by atoms with Gasteiger partial charge in [-0.1, -0.05) is 77.6 Å². The van der Waals surface area contributed by atoms with E-state index in [1.54, 1.807) is 16.2 Å². The number of aryl methyl sites for hydroxylation is 1. The fourth-order valence-electron chi connectivity index (χ4n) is 5.13. The summed E-state index contributed by atoms with van der Waals surface area (Å²) < 4.78 is 0. The quantitative estimate of drug-likeness (QED) is 0.307. The molecule has 1 fully saturated rings. The molecule has 1 aromatic heterocycles. The maximum atomic E-state index is 13.7. The first kappa shape index (κ1) is 30.8. The van der Waals surface area contributed by atoms with Crippen molar-refractivity contribution in [2.45, 2.75) is 111 Å². The number of amides is 3. The SMILES string of the molecule is CCCCCCCC(=O)NC(C(=O)N1CCCC1C(=O)NC(C)c1ccc(-c2scnc2C)cc1)C(C)(C)C. The molecule has 214 valence electrons. The molecule has 3 rings (SSSR count). The average molecular weight is 555 g/mol. The molecule has 8 heteroatoms. The highest BCUT2D eigenvalue weighted by Crippen LogP contribution is 2.29. The Bertz CT molecular complexity index is 1110. The lowest BCUT2D eigenvalue weighted by molar-refractivity contribution is -0.144. The first-order valence-electron chi connectivity index (χ1n) is 14.4. The number of carbonyl (C=O) groups is 3. The molecular weight excluding hydrogens is 508 g/mol. The van der Waals surface area contributed by atoms with Gasteiger partial charge in [0, 0.05) is 13.0 Å². The van der Waals surface area contributed by atoms with E-state index in [0.29, 0.717) is 19.4 Å². The van der Waals surface area contributed by atoms with Crippen molar-refractivity contribution in [3.8, 4) is 10.4 Å². The smallest absolute Gasteiger partial charge is 0.246 e. The number of carbonyl (C=O) groups excluding carboxylic acids is 3. The number of unbranched alkanes of at least 4 members (excludes halogenated alkanes) is 4. The van der Waals surface area contributed by atoms with Crippen molar-refractivity contribution in [2.75, 3.05) is 6.54 Å². The van der Waals surface area contributed by atoms with Crippen molar-refractivity contribution < 1.29 is 14.4 Å². The van der Waals surface area contributed by atoms with E-state index >= 15 is 0 Å². The molecule has 0 saturated carbocycles. The van der Waals surface area contributed by atoms with Crippen LogP contribution in [0, 0.1) is 12.3 Å². The van der Waals surface area contributed by atoms with Gasteiger partial charge in [0.2, 0.25) is 17.7 Å². The maximum Gasteiger partial charge on any atom is 0.246 e. The summed E-state index contributed by atoms with van der Waals surface area (Å²) in [5.74, 6) is -0.410. The number of hydrogen-bond donors (Lipinski definition) is 2. The Morgan fingerprint density at radius 1 is 1.08 bits per heavy atom. The molecule has 0 bridgehead atoms. The van der Waals surface area contributed by atoms with Crippen LogP contribution in [0.25, 0.3) is 10.4 Å². The van der Waals surface area contributed by atoms with Gasteiger partial charge in [-0.05, 0) is 49.7 Å². The van der Waals surface area contributed by atoms with Gasteiger partial charge >= 0.3 is 0 Å². The van der Waals surface area contributed by atoms with Gasteiger partial charge in [0.15, 0.2) is 0 Å². The minimum absolute atomic E-state index is 0.0921. The Hall–Kier alpha value is -2.74. The van der Waals surface area contributed by atoms with E-state index in [-0.39, 0.29) is 23.8 Å². The zero-order chi connectivity index (χ0) is 28.6. The molecule has 2 N–H and O–H groups in total. The van der Waals surface area contributed by atoms with Gasteiger partial charge in [-0.15, -0.1) is 11.3 Å². The predicted octanol–water partition coefficient (Wildman–Crippen LogP) is 6.18. The van der Waals surface area contributed by atoms with Crippen molar-refractivity contribution in [1.29, 1.82) is 0 Å². The van der Waals surface area contributed by atoms with Crippen LogP contribution in [0.2, 0.25) is 0 Å². The van der Waals surface area contributed by atoms with Crippen LogP contribution in [0.5, 0.6) is 0 Å². The van der Waals surface area contributed by atoms with Crippen LogP contribution >= 0.6 is 11.3 Å². The summed E-state index contributed by atoms with van der Waals surface area (Å²) in [5.41, 5.74) is 4.51. The summed E-state index contributed by atoms with van der Waals surface area (Å²) in [5, 5.41) is 6.13. The molecule has 3 atom stereocenters. The van der Waals surface area contributed by atoms with E-state index in [9.17, 15) is 14.4 Å².